The van der Waals surface area contributed by atoms with Crippen LogP contribution in [0.3, 0.4) is 0 Å². The number of nitrogens with one attached hydrogen (secondary N) is 1. The summed E-state index contributed by atoms with van der Waals surface area (Å²) in [6, 6.07) is 1.83. The molecule has 0 aliphatic carbocycles. The Labute approximate surface area is 96.4 Å². The van der Waals surface area contributed by atoms with Gasteiger partial charge in [-0.15, -0.1) is 0 Å². The molecule has 0 amide bonds. The van der Waals surface area contributed by atoms with Crippen molar-refractivity contribution in [2.45, 2.75) is 33.3 Å². The van der Waals surface area contributed by atoms with E-state index in [2.05, 4.69) is 15.3 Å². The fourth-order valence-corrected chi connectivity index (χ4v) is 1.22. The number of aromatic nitrogens is 2. The summed E-state index contributed by atoms with van der Waals surface area (Å²) in [5.74, 6) is 1.21. The number of rotatable bonds is 6. The summed E-state index contributed by atoms with van der Waals surface area (Å²) in [6.07, 6.45) is 1.02. The van der Waals surface area contributed by atoms with Gasteiger partial charge in [-0.2, -0.15) is 4.98 Å². The lowest BCUT2D eigenvalue weighted by molar-refractivity contribution is 0.232. The summed E-state index contributed by atoms with van der Waals surface area (Å²) < 4.78 is 5.53. The molecule has 5 nitrogen and oxygen atoms in total. The second kappa shape index (κ2) is 6.27. The van der Waals surface area contributed by atoms with Crippen LogP contribution < -0.4 is 15.8 Å². The Hall–Kier alpha value is -1.36. The largest absolute Gasteiger partial charge is 0.475 e. The van der Waals surface area contributed by atoms with Gasteiger partial charge in [0.2, 0.25) is 11.8 Å². The average Bonchev–Trinajstić information content (AvgIpc) is 2.16. The maximum atomic E-state index is 5.53. The van der Waals surface area contributed by atoms with Crippen LogP contribution in [-0.2, 0) is 0 Å². The zero-order valence-electron chi connectivity index (χ0n) is 10.2. The second-order valence-electron chi connectivity index (χ2n) is 3.91. The van der Waals surface area contributed by atoms with E-state index in [1.54, 1.807) is 0 Å². The molecule has 0 atom stereocenters. The van der Waals surface area contributed by atoms with Crippen molar-refractivity contribution in [1.29, 1.82) is 0 Å². The molecule has 0 aliphatic rings. The first-order valence-electron chi connectivity index (χ1n) is 5.58. The zero-order chi connectivity index (χ0) is 12.0. The topological polar surface area (TPSA) is 73.1 Å². The van der Waals surface area contributed by atoms with Crippen molar-refractivity contribution in [2.75, 3.05) is 18.4 Å². The van der Waals surface area contributed by atoms with Crippen molar-refractivity contribution < 1.29 is 4.74 Å². The van der Waals surface area contributed by atoms with Crippen LogP contribution in [0.1, 0.15) is 26.0 Å². The van der Waals surface area contributed by atoms with Crippen LogP contribution >= 0.6 is 0 Å². The predicted molar refractivity (Wildman–Crippen MR) is 64.7 cm³/mol. The lowest BCUT2D eigenvalue weighted by Crippen LogP contribution is -2.12. The summed E-state index contributed by atoms with van der Waals surface area (Å²) in [5, 5.41) is 3.12. The molecule has 1 aromatic heterocycles. The lowest BCUT2D eigenvalue weighted by Gasteiger charge is -2.11. The number of aryl methyl sites for hydroxylation is 1. The number of hydrogen-bond acceptors (Lipinski definition) is 5. The SMILES string of the molecule is Cc1cc(OC(C)C)nc(NCCCN)n1. The summed E-state index contributed by atoms with van der Waals surface area (Å²) in [7, 11) is 0. The van der Waals surface area contributed by atoms with Gasteiger partial charge in [-0.3, -0.25) is 0 Å². The van der Waals surface area contributed by atoms with Gasteiger partial charge in [0.1, 0.15) is 0 Å². The molecule has 0 aromatic carbocycles. The van der Waals surface area contributed by atoms with Crippen LogP contribution in [0.2, 0.25) is 0 Å². The van der Waals surface area contributed by atoms with E-state index < -0.39 is 0 Å². The predicted octanol–water partition coefficient (Wildman–Crippen LogP) is 1.33. The van der Waals surface area contributed by atoms with Gasteiger partial charge in [-0.1, -0.05) is 0 Å². The summed E-state index contributed by atoms with van der Waals surface area (Å²) in [6.45, 7) is 7.30. The molecule has 0 saturated heterocycles. The van der Waals surface area contributed by atoms with Crippen LogP contribution in [-0.4, -0.2) is 29.2 Å². The Morgan fingerprint density at radius 3 is 2.81 bits per heavy atom. The van der Waals surface area contributed by atoms with Gasteiger partial charge in [0.05, 0.1) is 6.10 Å². The van der Waals surface area contributed by atoms with Gasteiger partial charge in [0.15, 0.2) is 0 Å². The van der Waals surface area contributed by atoms with E-state index in [-0.39, 0.29) is 6.10 Å². The van der Waals surface area contributed by atoms with Gasteiger partial charge in [0, 0.05) is 18.3 Å². The number of anilines is 1. The van der Waals surface area contributed by atoms with E-state index in [9.17, 15) is 0 Å². The first-order valence-corrected chi connectivity index (χ1v) is 5.58. The van der Waals surface area contributed by atoms with E-state index in [1.807, 2.05) is 26.8 Å². The lowest BCUT2D eigenvalue weighted by atomic mass is 10.4. The third-order valence-electron chi connectivity index (χ3n) is 1.85. The fraction of sp³-hybridized carbons (Fsp3) is 0.636. The molecule has 16 heavy (non-hydrogen) atoms. The molecule has 0 spiro atoms. The minimum absolute atomic E-state index is 0.117. The minimum Gasteiger partial charge on any atom is -0.475 e. The standard InChI is InChI=1S/C11H20N4O/c1-8(2)16-10-7-9(3)14-11(15-10)13-6-4-5-12/h7-8H,4-6,12H2,1-3H3,(H,13,14,15). The van der Waals surface area contributed by atoms with Crippen molar-refractivity contribution in [2.24, 2.45) is 5.73 Å². The Balaban J connectivity index is 2.65. The van der Waals surface area contributed by atoms with Crippen LogP contribution in [0, 0.1) is 6.92 Å². The molecule has 1 rings (SSSR count). The van der Waals surface area contributed by atoms with Crippen molar-refractivity contribution >= 4 is 5.95 Å². The van der Waals surface area contributed by atoms with Crippen LogP contribution in [0.5, 0.6) is 5.88 Å². The third-order valence-corrected chi connectivity index (χ3v) is 1.85. The molecule has 0 unspecified atom stereocenters. The highest BCUT2D eigenvalue weighted by Crippen LogP contribution is 2.13. The zero-order valence-corrected chi connectivity index (χ0v) is 10.2. The molecule has 0 aliphatic heterocycles. The van der Waals surface area contributed by atoms with Gasteiger partial charge in [0.25, 0.3) is 0 Å². The highest BCUT2D eigenvalue weighted by Gasteiger charge is 2.04. The number of nitrogens with zero attached hydrogens (tertiary/aromatic N) is 2. The highest BCUT2D eigenvalue weighted by atomic mass is 16.5. The smallest absolute Gasteiger partial charge is 0.226 e. The molecule has 0 saturated carbocycles. The summed E-state index contributed by atoms with van der Waals surface area (Å²) in [4.78, 5) is 8.53. The fourth-order valence-electron chi connectivity index (χ4n) is 1.22. The van der Waals surface area contributed by atoms with Crippen LogP contribution in [0.25, 0.3) is 0 Å². The molecule has 0 bridgehead atoms. The number of nitrogens with two attached hydrogens (primary N) is 1. The Morgan fingerprint density at radius 1 is 1.44 bits per heavy atom. The van der Waals surface area contributed by atoms with Crippen molar-refractivity contribution in [3.63, 3.8) is 0 Å². The first kappa shape index (κ1) is 12.7. The van der Waals surface area contributed by atoms with Crippen LogP contribution in [0.4, 0.5) is 5.95 Å². The highest BCUT2D eigenvalue weighted by molar-refractivity contribution is 5.30. The maximum Gasteiger partial charge on any atom is 0.226 e. The van der Waals surface area contributed by atoms with Gasteiger partial charge in [-0.05, 0) is 33.7 Å². The molecule has 5 heteroatoms. The second-order valence-corrected chi connectivity index (χ2v) is 3.91. The van der Waals surface area contributed by atoms with Crippen molar-refractivity contribution in [3.8, 4) is 5.88 Å². The monoisotopic (exact) mass is 224 g/mol. The van der Waals surface area contributed by atoms with E-state index in [4.69, 9.17) is 10.5 Å². The number of hydrogen-bond donors (Lipinski definition) is 2. The Bertz CT molecular complexity index is 328. The molecule has 90 valence electrons. The van der Waals surface area contributed by atoms with E-state index in [0.29, 0.717) is 18.4 Å². The molecular formula is C11H20N4O. The third kappa shape index (κ3) is 4.44. The van der Waals surface area contributed by atoms with E-state index in [1.165, 1.54) is 0 Å². The van der Waals surface area contributed by atoms with Crippen LogP contribution in [0.15, 0.2) is 6.07 Å². The minimum atomic E-state index is 0.117. The quantitative estimate of drug-likeness (QED) is 0.713. The average molecular weight is 224 g/mol. The maximum absolute atomic E-state index is 5.53. The number of ether oxygens (including phenoxy) is 1. The molecule has 0 fully saturated rings. The molecular weight excluding hydrogens is 204 g/mol. The van der Waals surface area contributed by atoms with E-state index >= 15 is 0 Å². The van der Waals surface area contributed by atoms with Gasteiger partial charge >= 0.3 is 0 Å². The summed E-state index contributed by atoms with van der Waals surface area (Å²) in [5.41, 5.74) is 6.30. The van der Waals surface area contributed by atoms with Gasteiger partial charge in [-0.25, -0.2) is 4.98 Å². The van der Waals surface area contributed by atoms with E-state index in [0.717, 1.165) is 18.7 Å². The van der Waals surface area contributed by atoms with Crippen molar-refractivity contribution in [1.82, 2.24) is 9.97 Å². The summed E-state index contributed by atoms with van der Waals surface area (Å²) >= 11 is 0. The molecule has 1 aromatic rings. The van der Waals surface area contributed by atoms with Gasteiger partial charge < -0.3 is 15.8 Å². The Morgan fingerprint density at radius 2 is 2.19 bits per heavy atom. The molecule has 0 radical (unpaired) electrons. The first-order chi connectivity index (χ1) is 7.61. The molecule has 1 heterocycles. The normalized spacial score (nSPS) is 10.6. The molecule has 3 N–H and O–H groups in total. The Kier molecular flexibility index (Phi) is 4.98. The van der Waals surface area contributed by atoms with Crippen molar-refractivity contribution in [3.05, 3.63) is 11.8 Å².